The Hall–Kier alpha value is -3.47. The quantitative estimate of drug-likeness (QED) is 0.599. The van der Waals surface area contributed by atoms with Gasteiger partial charge in [-0.3, -0.25) is 4.98 Å². The Kier molecular flexibility index (Phi) is 3.31. The van der Waals surface area contributed by atoms with Gasteiger partial charge >= 0.3 is 5.97 Å². The molecular formula is C19H13N3O2. The predicted octanol–water partition coefficient (Wildman–Crippen LogP) is 3.99. The van der Waals surface area contributed by atoms with Crippen LogP contribution in [0.5, 0.6) is 0 Å². The Labute approximate surface area is 137 Å². The normalized spacial score (nSPS) is 10.8. The van der Waals surface area contributed by atoms with E-state index in [-0.39, 0.29) is 5.56 Å². The van der Waals surface area contributed by atoms with Crippen LogP contribution in [0, 0.1) is 0 Å². The van der Waals surface area contributed by atoms with Gasteiger partial charge in [-0.1, -0.05) is 30.3 Å². The number of pyridine rings is 1. The average Bonchev–Trinajstić information content (AvgIpc) is 3.06. The second kappa shape index (κ2) is 5.62. The summed E-state index contributed by atoms with van der Waals surface area (Å²) >= 11 is 0. The molecule has 4 aromatic rings. The standard InChI is InChI=1S/C19H13N3O2/c23-19(24)15-2-1-3-16-17(15)22-18(21-16)14-6-4-12(5-7-14)13-8-10-20-11-9-13/h1-11H,(H,21,22)(H,23,24). The molecule has 2 N–H and O–H groups in total. The van der Waals surface area contributed by atoms with Crippen molar-refractivity contribution in [3.05, 3.63) is 72.6 Å². The maximum absolute atomic E-state index is 11.3. The van der Waals surface area contributed by atoms with E-state index in [2.05, 4.69) is 15.0 Å². The fourth-order valence-corrected chi connectivity index (χ4v) is 2.71. The van der Waals surface area contributed by atoms with E-state index in [0.717, 1.165) is 16.7 Å². The summed E-state index contributed by atoms with van der Waals surface area (Å²) in [7, 11) is 0. The van der Waals surface area contributed by atoms with Gasteiger partial charge in [0.1, 0.15) is 11.3 Å². The lowest BCUT2D eigenvalue weighted by molar-refractivity contribution is 0.0699. The van der Waals surface area contributed by atoms with Gasteiger partial charge in [-0.2, -0.15) is 0 Å². The molecule has 0 bridgehead atoms. The van der Waals surface area contributed by atoms with E-state index in [1.807, 2.05) is 42.5 Å². The van der Waals surface area contributed by atoms with Crippen molar-refractivity contribution in [2.45, 2.75) is 0 Å². The molecule has 0 amide bonds. The summed E-state index contributed by atoms with van der Waals surface area (Å²) in [6.45, 7) is 0. The van der Waals surface area contributed by atoms with E-state index in [1.54, 1.807) is 24.5 Å². The molecule has 0 aliphatic rings. The molecule has 0 aliphatic heterocycles. The third-order valence-electron chi connectivity index (χ3n) is 3.92. The van der Waals surface area contributed by atoms with Gasteiger partial charge in [-0.25, -0.2) is 9.78 Å². The van der Waals surface area contributed by atoms with Crippen LogP contribution in [0.2, 0.25) is 0 Å². The molecule has 4 rings (SSSR count). The van der Waals surface area contributed by atoms with Crippen molar-refractivity contribution in [1.29, 1.82) is 0 Å². The maximum atomic E-state index is 11.3. The summed E-state index contributed by atoms with van der Waals surface area (Å²) < 4.78 is 0. The highest BCUT2D eigenvalue weighted by molar-refractivity contribution is 6.01. The highest BCUT2D eigenvalue weighted by atomic mass is 16.4. The van der Waals surface area contributed by atoms with Crippen LogP contribution in [0.1, 0.15) is 10.4 Å². The van der Waals surface area contributed by atoms with Gasteiger partial charge in [0, 0.05) is 18.0 Å². The third-order valence-corrected chi connectivity index (χ3v) is 3.92. The van der Waals surface area contributed by atoms with Crippen LogP contribution in [0.4, 0.5) is 0 Å². The van der Waals surface area contributed by atoms with Gasteiger partial charge in [-0.15, -0.1) is 0 Å². The zero-order valence-electron chi connectivity index (χ0n) is 12.6. The highest BCUT2D eigenvalue weighted by Crippen LogP contribution is 2.25. The Morgan fingerprint density at radius 2 is 1.54 bits per heavy atom. The van der Waals surface area contributed by atoms with Crippen molar-refractivity contribution in [3.63, 3.8) is 0 Å². The molecule has 0 unspecified atom stereocenters. The molecule has 0 radical (unpaired) electrons. The topological polar surface area (TPSA) is 78.9 Å². The number of para-hydroxylation sites is 1. The average molecular weight is 315 g/mol. The minimum atomic E-state index is -0.980. The van der Waals surface area contributed by atoms with Crippen LogP contribution in [-0.4, -0.2) is 26.0 Å². The molecule has 0 saturated heterocycles. The molecule has 2 heterocycles. The zero-order chi connectivity index (χ0) is 16.5. The minimum Gasteiger partial charge on any atom is -0.478 e. The van der Waals surface area contributed by atoms with Crippen LogP contribution in [0.3, 0.4) is 0 Å². The van der Waals surface area contributed by atoms with Crippen LogP contribution in [0.25, 0.3) is 33.5 Å². The first-order valence-corrected chi connectivity index (χ1v) is 7.45. The number of benzene rings is 2. The van der Waals surface area contributed by atoms with Gasteiger partial charge in [0.2, 0.25) is 0 Å². The lowest BCUT2D eigenvalue weighted by atomic mass is 10.1. The van der Waals surface area contributed by atoms with E-state index in [0.29, 0.717) is 16.9 Å². The number of aromatic nitrogens is 3. The number of imidazole rings is 1. The summed E-state index contributed by atoms with van der Waals surface area (Å²) in [4.78, 5) is 23.0. The van der Waals surface area contributed by atoms with Gasteiger partial charge in [0.15, 0.2) is 0 Å². The number of H-pyrrole nitrogens is 1. The van der Waals surface area contributed by atoms with Gasteiger partial charge in [0.05, 0.1) is 11.1 Å². The number of aromatic amines is 1. The number of fused-ring (bicyclic) bond motifs is 1. The molecule has 0 fully saturated rings. The zero-order valence-corrected chi connectivity index (χ0v) is 12.6. The summed E-state index contributed by atoms with van der Waals surface area (Å²) in [6.07, 6.45) is 3.52. The SMILES string of the molecule is O=C(O)c1cccc2[nH]c(-c3ccc(-c4ccncc4)cc3)nc12. The second-order valence-corrected chi connectivity index (χ2v) is 5.41. The van der Waals surface area contributed by atoms with Crippen molar-refractivity contribution in [3.8, 4) is 22.5 Å². The number of hydrogen-bond donors (Lipinski definition) is 2. The van der Waals surface area contributed by atoms with Crippen molar-refractivity contribution >= 4 is 17.0 Å². The third kappa shape index (κ3) is 2.42. The Morgan fingerprint density at radius 3 is 2.25 bits per heavy atom. The van der Waals surface area contributed by atoms with E-state index < -0.39 is 5.97 Å². The van der Waals surface area contributed by atoms with Crippen LogP contribution < -0.4 is 0 Å². The molecule has 0 spiro atoms. The Morgan fingerprint density at radius 1 is 0.875 bits per heavy atom. The summed E-state index contributed by atoms with van der Waals surface area (Å²) in [5, 5.41) is 9.27. The summed E-state index contributed by atoms with van der Waals surface area (Å²) in [6, 6.07) is 16.9. The van der Waals surface area contributed by atoms with Gasteiger partial charge in [-0.05, 0) is 35.4 Å². The fraction of sp³-hybridized carbons (Fsp3) is 0. The van der Waals surface area contributed by atoms with Crippen LogP contribution >= 0.6 is 0 Å². The largest absolute Gasteiger partial charge is 0.478 e. The van der Waals surface area contributed by atoms with E-state index in [4.69, 9.17) is 0 Å². The number of rotatable bonds is 3. The molecular weight excluding hydrogens is 302 g/mol. The lowest BCUT2D eigenvalue weighted by Crippen LogP contribution is -1.96. The monoisotopic (exact) mass is 315 g/mol. The number of carboxylic acid groups (broad SMARTS) is 1. The molecule has 0 aliphatic carbocycles. The molecule has 116 valence electrons. The first-order chi connectivity index (χ1) is 11.7. The number of nitrogens with one attached hydrogen (secondary N) is 1. The van der Waals surface area contributed by atoms with Crippen molar-refractivity contribution < 1.29 is 9.90 Å². The Balaban J connectivity index is 1.75. The molecule has 24 heavy (non-hydrogen) atoms. The Bertz CT molecular complexity index is 1020. The van der Waals surface area contributed by atoms with Crippen LogP contribution in [-0.2, 0) is 0 Å². The number of aromatic carboxylic acids is 1. The van der Waals surface area contributed by atoms with Crippen molar-refractivity contribution in [2.24, 2.45) is 0 Å². The van der Waals surface area contributed by atoms with E-state index in [1.165, 1.54) is 0 Å². The molecule has 5 nitrogen and oxygen atoms in total. The predicted molar refractivity (Wildman–Crippen MR) is 91.7 cm³/mol. The molecule has 0 atom stereocenters. The number of nitrogens with zero attached hydrogens (tertiary/aromatic N) is 2. The van der Waals surface area contributed by atoms with Crippen molar-refractivity contribution in [1.82, 2.24) is 15.0 Å². The van der Waals surface area contributed by atoms with Crippen LogP contribution in [0.15, 0.2) is 67.0 Å². The molecule has 2 aromatic heterocycles. The smallest absolute Gasteiger partial charge is 0.337 e. The number of hydrogen-bond acceptors (Lipinski definition) is 3. The summed E-state index contributed by atoms with van der Waals surface area (Å²) in [5.41, 5.74) is 4.46. The van der Waals surface area contributed by atoms with E-state index in [9.17, 15) is 9.90 Å². The summed E-state index contributed by atoms with van der Waals surface area (Å²) in [5.74, 6) is -0.327. The second-order valence-electron chi connectivity index (χ2n) is 5.41. The number of carbonyl (C=O) groups is 1. The van der Waals surface area contributed by atoms with Crippen molar-refractivity contribution in [2.75, 3.05) is 0 Å². The first-order valence-electron chi connectivity index (χ1n) is 7.45. The minimum absolute atomic E-state index is 0.198. The first kappa shape index (κ1) is 14.1. The van der Waals surface area contributed by atoms with Gasteiger partial charge in [0.25, 0.3) is 0 Å². The molecule has 2 aromatic carbocycles. The fourth-order valence-electron chi connectivity index (χ4n) is 2.71. The maximum Gasteiger partial charge on any atom is 0.337 e. The van der Waals surface area contributed by atoms with E-state index >= 15 is 0 Å². The highest BCUT2D eigenvalue weighted by Gasteiger charge is 2.13. The molecule has 5 heteroatoms. The number of carboxylic acids is 1. The lowest BCUT2D eigenvalue weighted by Gasteiger charge is -2.02. The molecule has 0 saturated carbocycles. The van der Waals surface area contributed by atoms with Gasteiger partial charge < -0.3 is 10.1 Å².